The van der Waals surface area contributed by atoms with E-state index in [1.54, 1.807) is 0 Å². The second-order valence-corrected chi connectivity index (χ2v) is 14.0. The molecule has 0 bridgehead atoms. The van der Waals surface area contributed by atoms with Crippen molar-refractivity contribution >= 4 is 52.7 Å². The first-order valence-electron chi connectivity index (χ1n) is 5.64. The second-order valence-electron chi connectivity index (χ2n) is 4.14. The van der Waals surface area contributed by atoms with Crippen LogP contribution in [0.3, 0.4) is 0 Å². The van der Waals surface area contributed by atoms with E-state index in [2.05, 4.69) is 50.2 Å². The van der Waals surface area contributed by atoms with Gasteiger partial charge in [-0.1, -0.05) is 0 Å². The Hall–Kier alpha value is -0.381. The minimum atomic E-state index is -0.187. The van der Waals surface area contributed by atoms with E-state index in [-0.39, 0.29) is 34.1 Å². The third-order valence-corrected chi connectivity index (χ3v) is 14.6. The van der Waals surface area contributed by atoms with Gasteiger partial charge in [-0.3, -0.25) is 0 Å². The monoisotopic (exact) mass is 472 g/mol. The Morgan fingerprint density at radius 3 is 1.50 bits per heavy atom. The van der Waals surface area contributed by atoms with Gasteiger partial charge in [0.15, 0.2) is 0 Å². The Kier molecular flexibility index (Phi) is 4.82. The normalized spacial score (nSPS) is 10.6. The number of nitrogens with two attached hydrogens (primary N) is 2. The number of rotatable bonds is 3. The molecule has 2 nitrogen and oxygen atoms in total. The molecule has 0 aliphatic heterocycles. The van der Waals surface area contributed by atoms with Crippen LogP contribution in [-0.2, 0) is 0 Å². The number of hydrogen-bond acceptors (Lipinski definition) is 2. The van der Waals surface area contributed by atoms with E-state index in [4.69, 9.17) is 11.5 Å². The van der Waals surface area contributed by atoms with Crippen molar-refractivity contribution in [2.45, 2.75) is 13.8 Å². The van der Waals surface area contributed by atoms with Gasteiger partial charge in [-0.05, 0) is 0 Å². The molecule has 0 heterocycles. The third-order valence-electron chi connectivity index (χ3n) is 2.79. The summed E-state index contributed by atoms with van der Waals surface area (Å²) in [6.07, 6.45) is 0. The van der Waals surface area contributed by atoms with Gasteiger partial charge >= 0.3 is 126 Å². The van der Waals surface area contributed by atoms with E-state index in [0.29, 0.717) is 0 Å². The van der Waals surface area contributed by atoms with E-state index >= 15 is 0 Å². The van der Waals surface area contributed by atoms with Crippen molar-refractivity contribution in [1.29, 1.82) is 0 Å². The van der Waals surface area contributed by atoms with Crippen molar-refractivity contribution in [3.63, 3.8) is 0 Å². The van der Waals surface area contributed by atoms with Gasteiger partial charge in [0.2, 0.25) is 0 Å². The maximum atomic E-state index is 6.14. The molecule has 0 saturated heterocycles. The Balaban J connectivity index is 2.17. The zero-order valence-corrected chi connectivity index (χ0v) is 15.1. The van der Waals surface area contributed by atoms with Gasteiger partial charge in [-0.15, -0.1) is 0 Å². The first-order chi connectivity index (χ1) is 8.59. The van der Waals surface area contributed by atoms with Crippen LogP contribution in [0.5, 0.6) is 0 Å². The molecule has 18 heavy (non-hydrogen) atoms. The van der Waals surface area contributed by atoms with Crippen LogP contribution in [0.1, 0.15) is 11.1 Å². The second kappa shape index (κ2) is 6.18. The molecule has 0 amide bonds. The zero-order valence-electron chi connectivity index (χ0n) is 10.4. The number of nitrogen functional groups attached to an aromatic ring is 2. The quantitative estimate of drug-likeness (QED) is 0.517. The Morgan fingerprint density at radius 2 is 1.11 bits per heavy atom. The fourth-order valence-electron chi connectivity index (χ4n) is 1.54. The first kappa shape index (κ1) is 14.0. The van der Waals surface area contributed by atoms with Gasteiger partial charge in [0.25, 0.3) is 0 Å². The first-order valence-corrected chi connectivity index (χ1v) is 15.3. The van der Waals surface area contributed by atoms with Crippen LogP contribution in [0.4, 0.5) is 11.4 Å². The van der Waals surface area contributed by atoms with Crippen LogP contribution in [0.25, 0.3) is 0 Å². The van der Waals surface area contributed by atoms with Crippen molar-refractivity contribution in [1.82, 2.24) is 0 Å². The number of para-hydroxylation sites is 2. The van der Waals surface area contributed by atoms with E-state index in [1.165, 1.54) is 18.3 Å². The summed E-state index contributed by atoms with van der Waals surface area (Å²) in [6.45, 7) is 4.15. The SMILES string of the molecule is Cc1cccc([Te][Te]c2cccc(C)c2N)c1N. The molecule has 0 saturated carbocycles. The molecule has 94 valence electrons. The van der Waals surface area contributed by atoms with Crippen LogP contribution in [-0.4, -0.2) is 34.1 Å². The predicted octanol–water partition coefficient (Wildman–Crippen LogP) is 0.742. The average molecular weight is 467 g/mol. The van der Waals surface area contributed by atoms with Crippen LogP contribution in [0, 0.1) is 13.8 Å². The number of hydrogen-bond donors (Lipinski definition) is 2. The molecule has 2 aromatic carbocycles. The zero-order chi connectivity index (χ0) is 13.1. The fourth-order valence-corrected chi connectivity index (χ4v) is 13.3. The molecule has 0 aliphatic carbocycles. The van der Waals surface area contributed by atoms with Crippen molar-refractivity contribution in [2.24, 2.45) is 0 Å². The molecule has 0 atom stereocenters. The summed E-state index contributed by atoms with van der Waals surface area (Å²) in [7, 11) is 0. The Morgan fingerprint density at radius 1 is 0.722 bits per heavy atom. The van der Waals surface area contributed by atoms with Gasteiger partial charge in [0, 0.05) is 0 Å². The van der Waals surface area contributed by atoms with Crippen LogP contribution in [0.2, 0.25) is 0 Å². The van der Waals surface area contributed by atoms with Gasteiger partial charge in [-0.25, -0.2) is 0 Å². The third kappa shape index (κ3) is 3.14. The van der Waals surface area contributed by atoms with Crippen LogP contribution < -0.4 is 18.7 Å². The average Bonchev–Trinajstić information content (AvgIpc) is 2.36. The molecule has 2 aromatic rings. The fraction of sp³-hybridized carbons (Fsp3) is 0.143. The minimum absolute atomic E-state index is 0.187. The van der Waals surface area contributed by atoms with Crippen molar-refractivity contribution in [3.05, 3.63) is 47.5 Å². The Bertz CT molecular complexity index is 516. The van der Waals surface area contributed by atoms with Crippen molar-refractivity contribution < 1.29 is 0 Å². The summed E-state index contributed by atoms with van der Waals surface area (Å²) in [6, 6.07) is 12.7. The molecule has 0 fully saturated rings. The number of benzene rings is 2. The molecular formula is C14H16N2Te2. The van der Waals surface area contributed by atoms with E-state index in [1.807, 2.05) is 0 Å². The summed E-state index contributed by atoms with van der Waals surface area (Å²) in [4.78, 5) is 0. The molecule has 0 spiro atoms. The molecule has 0 aromatic heterocycles. The Labute approximate surface area is 124 Å². The predicted molar refractivity (Wildman–Crippen MR) is 82.0 cm³/mol. The topological polar surface area (TPSA) is 52.0 Å². The van der Waals surface area contributed by atoms with E-state index in [0.717, 1.165) is 11.4 Å². The molecule has 2 rings (SSSR count). The van der Waals surface area contributed by atoms with Crippen LogP contribution in [0.15, 0.2) is 36.4 Å². The molecule has 0 aliphatic rings. The van der Waals surface area contributed by atoms with Crippen molar-refractivity contribution in [2.75, 3.05) is 11.5 Å². The number of aryl methyl sites for hydroxylation is 2. The molecule has 4 N–H and O–H groups in total. The molecule has 0 radical (unpaired) electrons. The maximum absolute atomic E-state index is 6.14. The van der Waals surface area contributed by atoms with Crippen molar-refractivity contribution in [3.8, 4) is 0 Å². The summed E-state index contributed by atoms with van der Waals surface area (Å²) < 4.78 is 2.78. The summed E-state index contributed by atoms with van der Waals surface area (Å²) >= 11 is -0.374. The van der Waals surface area contributed by atoms with Gasteiger partial charge in [0.1, 0.15) is 0 Å². The summed E-state index contributed by atoms with van der Waals surface area (Å²) in [5.41, 5.74) is 16.7. The van der Waals surface area contributed by atoms with E-state index < -0.39 is 0 Å². The molecule has 0 unspecified atom stereocenters. The van der Waals surface area contributed by atoms with Gasteiger partial charge in [0.05, 0.1) is 0 Å². The standard InChI is InChI=1S/C14H16N2Te2/c1-9-5-3-7-11(13(9)15)17-18-12-8-4-6-10(2)14(12)16/h3-8H,15-16H2,1-2H3. The van der Waals surface area contributed by atoms with E-state index in [9.17, 15) is 0 Å². The van der Waals surface area contributed by atoms with Gasteiger partial charge < -0.3 is 0 Å². The number of anilines is 2. The molecule has 4 heteroatoms. The molecular weight excluding hydrogens is 451 g/mol. The summed E-state index contributed by atoms with van der Waals surface area (Å²) in [5, 5.41) is 0. The van der Waals surface area contributed by atoms with Crippen LogP contribution >= 0.6 is 0 Å². The van der Waals surface area contributed by atoms with Gasteiger partial charge in [-0.2, -0.15) is 0 Å². The summed E-state index contributed by atoms with van der Waals surface area (Å²) in [5.74, 6) is 0.